The maximum absolute atomic E-state index is 12.7. The Morgan fingerprint density at radius 1 is 1.04 bits per heavy atom. The quantitative estimate of drug-likeness (QED) is 0.516. The molecule has 0 bridgehead atoms. The van der Waals surface area contributed by atoms with E-state index in [2.05, 4.69) is 10.2 Å². The maximum Gasteiger partial charge on any atom is 0.264 e. The highest BCUT2D eigenvalue weighted by atomic mass is 16.4. The zero-order valence-electron chi connectivity index (χ0n) is 13.8. The molecule has 0 fully saturated rings. The molecule has 5 nitrogen and oxygen atoms in total. The molecular formula is C20H17N3O2. The van der Waals surface area contributed by atoms with Gasteiger partial charge in [-0.25, -0.2) is 0 Å². The fourth-order valence-electron chi connectivity index (χ4n) is 2.92. The van der Waals surface area contributed by atoms with E-state index in [4.69, 9.17) is 4.42 Å². The van der Waals surface area contributed by atoms with Gasteiger partial charge >= 0.3 is 0 Å². The minimum atomic E-state index is 0.0402. The number of rotatable bonds is 5. The molecule has 5 heteroatoms. The number of para-hydroxylation sites is 1. The topological polar surface area (TPSA) is 60.9 Å². The van der Waals surface area contributed by atoms with E-state index in [-0.39, 0.29) is 12.3 Å². The minimum absolute atomic E-state index is 0.0402. The number of Topliss-reactive ketones (excluding diaryl/α,β-unsaturated/α-hetero) is 1. The lowest BCUT2D eigenvalue weighted by Gasteiger charge is -2.08. The Bertz CT molecular complexity index is 1030. The summed E-state index contributed by atoms with van der Waals surface area (Å²) >= 11 is 0. The molecular weight excluding hydrogens is 314 g/mol. The van der Waals surface area contributed by atoms with E-state index < -0.39 is 0 Å². The van der Waals surface area contributed by atoms with Crippen LogP contribution in [-0.4, -0.2) is 20.5 Å². The highest BCUT2D eigenvalue weighted by Gasteiger charge is 2.18. The van der Waals surface area contributed by atoms with Crippen LogP contribution in [0.1, 0.15) is 23.2 Å². The van der Waals surface area contributed by atoms with Gasteiger partial charge in [0.05, 0.1) is 6.54 Å². The molecule has 4 rings (SSSR count). The molecule has 2 heterocycles. The molecule has 0 saturated carbocycles. The molecule has 0 amide bonds. The second kappa shape index (κ2) is 6.36. The third kappa shape index (κ3) is 2.85. The number of aromatic nitrogens is 3. The molecule has 0 radical (unpaired) electrons. The number of fused-ring (bicyclic) bond motifs is 1. The molecule has 0 unspecified atom stereocenters. The van der Waals surface area contributed by atoms with Crippen molar-refractivity contribution in [3.63, 3.8) is 0 Å². The number of benzene rings is 2. The van der Waals surface area contributed by atoms with Crippen LogP contribution in [0.15, 0.2) is 65.1 Å². The molecule has 25 heavy (non-hydrogen) atoms. The van der Waals surface area contributed by atoms with Crippen molar-refractivity contribution in [1.82, 2.24) is 14.8 Å². The van der Waals surface area contributed by atoms with E-state index in [1.54, 1.807) is 0 Å². The van der Waals surface area contributed by atoms with Gasteiger partial charge in [-0.05, 0) is 12.1 Å². The molecule has 0 spiro atoms. The first-order chi connectivity index (χ1) is 12.3. The summed E-state index contributed by atoms with van der Waals surface area (Å²) < 4.78 is 7.66. The Balaban J connectivity index is 1.81. The lowest BCUT2D eigenvalue weighted by molar-refractivity contribution is 0.0974. The molecule has 0 aliphatic rings. The number of ketones is 1. The van der Waals surface area contributed by atoms with Crippen LogP contribution in [0.2, 0.25) is 0 Å². The van der Waals surface area contributed by atoms with Crippen molar-refractivity contribution >= 4 is 16.7 Å². The number of hydrogen-bond donors (Lipinski definition) is 0. The molecule has 0 aliphatic heterocycles. The molecule has 124 valence electrons. The van der Waals surface area contributed by atoms with Crippen molar-refractivity contribution in [2.45, 2.75) is 19.9 Å². The van der Waals surface area contributed by atoms with Gasteiger partial charge in [-0.1, -0.05) is 55.5 Å². The van der Waals surface area contributed by atoms with Crippen molar-refractivity contribution in [3.05, 3.63) is 72.1 Å². The van der Waals surface area contributed by atoms with Crippen LogP contribution in [0.4, 0.5) is 0 Å². The van der Waals surface area contributed by atoms with E-state index >= 15 is 0 Å². The van der Waals surface area contributed by atoms with Gasteiger partial charge in [0.25, 0.3) is 5.89 Å². The largest absolute Gasteiger partial charge is 0.419 e. The molecule has 0 saturated heterocycles. The van der Waals surface area contributed by atoms with E-state index in [1.165, 1.54) is 0 Å². The van der Waals surface area contributed by atoms with E-state index in [1.807, 2.05) is 72.2 Å². The molecule has 2 aromatic carbocycles. The predicted molar refractivity (Wildman–Crippen MR) is 95.4 cm³/mol. The highest BCUT2D eigenvalue weighted by Crippen LogP contribution is 2.28. The summed E-state index contributed by atoms with van der Waals surface area (Å²) in [6.45, 7) is 2.18. The summed E-state index contributed by atoms with van der Waals surface area (Å²) in [5.41, 5.74) is 2.42. The average molecular weight is 331 g/mol. The van der Waals surface area contributed by atoms with Crippen LogP contribution in [-0.2, 0) is 13.0 Å². The van der Waals surface area contributed by atoms with Crippen LogP contribution in [0.3, 0.4) is 0 Å². The van der Waals surface area contributed by atoms with Gasteiger partial charge in [0.1, 0.15) is 5.69 Å². The van der Waals surface area contributed by atoms with Crippen LogP contribution >= 0.6 is 0 Å². The predicted octanol–water partition coefficient (Wildman–Crippen LogP) is 4.14. The first-order valence-electron chi connectivity index (χ1n) is 8.25. The number of nitrogens with zero attached hydrogens (tertiary/aromatic N) is 3. The first kappa shape index (κ1) is 15.3. The van der Waals surface area contributed by atoms with E-state index in [0.717, 1.165) is 16.6 Å². The normalized spacial score (nSPS) is 11.1. The van der Waals surface area contributed by atoms with Crippen LogP contribution in [0.25, 0.3) is 22.5 Å². The second-order valence-corrected chi connectivity index (χ2v) is 5.82. The van der Waals surface area contributed by atoms with Crippen molar-refractivity contribution in [2.24, 2.45) is 0 Å². The fraction of sp³-hybridized carbons (Fsp3) is 0.150. The van der Waals surface area contributed by atoms with E-state index in [9.17, 15) is 4.79 Å². The number of hydrogen-bond acceptors (Lipinski definition) is 4. The second-order valence-electron chi connectivity index (χ2n) is 5.82. The Labute approximate surface area is 144 Å². The third-order valence-electron chi connectivity index (χ3n) is 4.20. The van der Waals surface area contributed by atoms with Crippen molar-refractivity contribution in [2.75, 3.05) is 0 Å². The number of carbonyl (C=O) groups excluding carboxylic acids is 1. The fourth-order valence-corrected chi connectivity index (χ4v) is 2.92. The van der Waals surface area contributed by atoms with Gasteiger partial charge in [0, 0.05) is 22.9 Å². The Morgan fingerprint density at radius 3 is 2.56 bits per heavy atom. The Morgan fingerprint density at radius 2 is 1.80 bits per heavy atom. The Kier molecular flexibility index (Phi) is 3.90. The first-order valence-corrected chi connectivity index (χ1v) is 8.25. The lowest BCUT2D eigenvalue weighted by Crippen LogP contribution is -2.11. The minimum Gasteiger partial charge on any atom is -0.419 e. The molecule has 0 N–H and O–H groups in total. The molecule has 0 aliphatic carbocycles. The summed E-state index contributed by atoms with van der Waals surface area (Å²) in [5, 5.41) is 9.23. The lowest BCUT2D eigenvalue weighted by atomic mass is 10.1. The third-order valence-corrected chi connectivity index (χ3v) is 4.20. The van der Waals surface area contributed by atoms with Crippen LogP contribution < -0.4 is 0 Å². The molecule has 4 aromatic rings. The number of carbonyl (C=O) groups is 1. The van der Waals surface area contributed by atoms with Gasteiger partial charge in [0.15, 0.2) is 5.78 Å². The average Bonchev–Trinajstić information content (AvgIpc) is 3.27. The van der Waals surface area contributed by atoms with Gasteiger partial charge in [-0.15, -0.1) is 10.2 Å². The molecule has 0 atom stereocenters. The van der Waals surface area contributed by atoms with Crippen LogP contribution in [0.5, 0.6) is 0 Å². The summed E-state index contributed by atoms with van der Waals surface area (Å²) in [4.78, 5) is 12.7. The summed E-state index contributed by atoms with van der Waals surface area (Å²) in [6, 6.07) is 19.2. The molecule has 2 aromatic heterocycles. The van der Waals surface area contributed by atoms with E-state index in [0.29, 0.717) is 23.8 Å². The van der Waals surface area contributed by atoms with Crippen molar-refractivity contribution < 1.29 is 9.21 Å². The van der Waals surface area contributed by atoms with Crippen LogP contribution in [0, 0.1) is 0 Å². The Hall–Kier alpha value is -3.21. The van der Waals surface area contributed by atoms with Gasteiger partial charge in [0.2, 0.25) is 5.89 Å². The standard InChI is InChI=1S/C20H17N3O2/c1-2-19-21-22-20(25-19)17-12-15-10-6-7-11-16(15)23(17)13-18(24)14-8-4-3-5-9-14/h3-12H,2,13H2,1H3. The SMILES string of the molecule is CCc1nnc(-c2cc3ccccc3n2CC(=O)c2ccccc2)o1. The van der Waals surface area contributed by atoms with Crippen molar-refractivity contribution in [3.8, 4) is 11.6 Å². The van der Waals surface area contributed by atoms with Gasteiger partial charge in [-0.3, -0.25) is 4.79 Å². The monoisotopic (exact) mass is 331 g/mol. The van der Waals surface area contributed by atoms with Gasteiger partial charge < -0.3 is 8.98 Å². The highest BCUT2D eigenvalue weighted by molar-refractivity contribution is 5.97. The maximum atomic E-state index is 12.7. The van der Waals surface area contributed by atoms with Crippen molar-refractivity contribution in [1.29, 1.82) is 0 Å². The number of aryl methyl sites for hydroxylation is 1. The van der Waals surface area contributed by atoms with Gasteiger partial charge in [-0.2, -0.15) is 0 Å². The zero-order chi connectivity index (χ0) is 17.2. The zero-order valence-corrected chi connectivity index (χ0v) is 13.8. The summed E-state index contributed by atoms with van der Waals surface area (Å²) in [6.07, 6.45) is 0.677. The smallest absolute Gasteiger partial charge is 0.264 e. The summed E-state index contributed by atoms with van der Waals surface area (Å²) in [5.74, 6) is 1.06. The summed E-state index contributed by atoms with van der Waals surface area (Å²) in [7, 11) is 0.